The summed E-state index contributed by atoms with van der Waals surface area (Å²) in [4.78, 5) is 14.2. The fourth-order valence-electron chi connectivity index (χ4n) is 2.50. The second kappa shape index (κ2) is 4.65. The van der Waals surface area contributed by atoms with Gasteiger partial charge in [0.2, 0.25) is 5.91 Å². The van der Waals surface area contributed by atoms with Gasteiger partial charge in [-0.25, -0.2) is 0 Å². The summed E-state index contributed by atoms with van der Waals surface area (Å²) in [6, 6.07) is 5.38. The van der Waals surface area contributed by atoms with Gasteiger partial charge >= 0.3 is 7.12 Å². The van der Waals surface area contributed by atoms with Gasteiger partial charge in [-0.15, -0.1) is 0 Å². The molecule has 19 heavy (non-hydrogen) atoms. The summed E-state index contributed by atoms with van der Waals surface area (Å²) in [5.41, 5.74) is 2.14. The van der Waals surface area contributed by atoms with E-state index in [0.29, 0.717) is 12.0 Å². The fourth-order valence-corrected chi connectivity index (χ4v) is 2.50. The molecule has 0 saturated heterocycles. The van der Waals surface area contributed by atoms with Gasteiger partial charge in [0.25, 0.3) is 0 Å². The Hall–Kier alpha value is -1.33. The predicted octanol–water partition coefficient (Wildman–Crippen LogP) is 0.816. The summed E-state index contributed by atoms with van der Waals surface area (Å²) in [6.45, 7) is 8.27. The van der Waals surface area contributed by atoms with Crippen LogP contribution in [0.2, 0.25) is 0 Å². The molecular weight excluding hydrogens is 241 g/mol. The second-order valence-electron chi connectivity index (χ2n) is 6.19. The molecule has 0 radical (unpaired) electrons. The van der Waals surface area contributed by atoms with Gasteiger partial charge in [0.1, 0.15) is 0 Å². The summed E-state index contributed by atoms with van der Waals surface area (Å²) >= 11 is 0. The molecule has 1 aromatic carbocycles. The zero-order chi connectivity index (χ0) is 14.4. The van der Waals surface area contributed by atoms with E-state index < -0.39 is 12.5 Å². The van der Waals surface area contributed by atoms with Crippen LogP contribution in [0.5, 0.6) is 0 Å². The third-order valence-electron chi connectivity index (χ3n) is 3.63. The molecule has 0 bridgehead atoms. The highest BCUT2D eigenvalue weighted by atomic mass is 16.4. The molecule has 2 N–H and O–H groups in total. The van der Waals surface area contributed by atoms with Gasteiger partial charge in [-0.2, -0.15) is 0 Å². The standard InChI is InChI=1S/C14H20BNO3/c1-9-12-6-5-11(15(18)19)7-10(12)8-16(9)13(17)14(2,3)4/h5-7,9,18-19H,8H2,1-4H3/t9-/m1/s1. The molecule has 0 aliphatic carbocycles. The molecule has 0 unspecified atom stereocenters. The molecule has 0 spiro atoms. The van der Waals surface area contributed by atoms with Crippen molar-refractivity contribution in [1.29, 1.82) is 0 Å². The first kappa shape index (κ1) is 14.1. The van der Waals surface area contributed by atoms with Crippen molar-refractivity contribution in [2.24, 2.45) is 5.41 Å². The fraction of sp³-hybridized carbons (Fsp3) is 0.500. The number of hydrogen-bond acceptors (Lipinski definition) is 3. The number of nitrogens with zero attached hydrogens (tertiary/aromatic N) is 1. The summed E-state index contributed by atoms with van der Waals surface area (Å²) in [6.07, 6.45) is 0. The summed E-state index contributed by atoms with van der Waals surface area (Å²) in [7, 11) is -1.46. The molecular formula is C14H20BNO3. The Kier molecular flexibility index (Phi) is 3.45. The van der Waals surface area contributed by atoms with Crippen molar-refractivity contribution in [3.8, 4) is 0 Å². The summed E-state index contributed by atoms with van der Waals surface area (Å²) in [5.74, 6) is 0.113. The molecule has 2 rings (SSSR count). The largest absolute Gasteiger partial charge is 0.488 e. The Morgan fingerprint density at radius 1 is 1.37 bits per heavy atom. The van der Waals surface area contributed by atoms with Gasteiger partial charge in [-0.3, -0.25) is 4.79 Å². The molecule has 102 valence electrons. The lowest BCUT2D eigenvalue weighted by molar-refractivity contribution is -0.141. The maximum Gasteiger partial charge on any atom is 0.488 e. The Labute approximate surface area is 114 Å². The van der Waals surface area contributed by atoms with Gasteiger partial charge in [0.15, 0.2) is 0 Å². The second-order valence-corrected chi connectivity index (χ2v) is 6.19. The van der Waals surface area contributed by atoms with Crippen LogP contribution in [0.25, 0.3) is 0 Å². The number of carbonyl (C=O) groups is 1. The van der Waals surface area contributed by atoms with Gasteiger partial charge in [-0.05, 0) is 23.5 Å². The minimum atomic E-state index is -1.46. The van der Waals surface area contributed by atoms with Crippen molar-refractivity contribution in [2.45, 2.75) is 40.3 Å². The monoisotopic (exact) mass is 261 g/mol. The molecule has 4 nitrogen and oxygen atoms in total. The minimum Gasteiger partial charge on any atom is -0.423 e. The van der Waals surface area contributed by atoms with E-state index in [1.54, 1.807) is 12.1 Å². The van der Waals surface area contributed by atoms with Gasteiger partial charge in [0.05, 0.1) is 6.04 Å². The van der Waals surface area contributed by atoms with Crippen molar-refractivity contribution in [1.82, 2.24) is 4.90 Å². The number of benzene rings is 1. The molecule has 1 aliphatic rings. The lowest BCUT2D eigenvalue weighted by Gasteiger charge is -2.29. The zero-order valence-corrected chi connectivity index (χ0v) is 11.8. The first-order chi connectivity index (χ1) is 8.71. The van der Waals surface area contributed by atoms with Gasteiger partial charge < -0.3 is 14.9 Å². The maximum atomic E-state index is 12.4. The van der Waals surface area contributed by atoms with Crippen molar-refractivity contribution in [2.75, 3.05) is 0 Å². The third-order valence-corrected chi connectivity index (χ3v) is 3.63. The van der Waals surface area contributed by atoms with Crippen LogP contribution in [-0.4, -0.2) is 28.0 Å². The normalized spacial score (nSPS) is 18.4. The number of rotatable bonds is 1. The van der Waals surface area contributed by atoms with Gasteiger partial charge in [-0.1, -0.05) is 39.0 Å². The smallest absolute Gasteiger partial charge is 0.423 e. The number of carbonyl (C=O) groups excluding carboxylic acids is 1. The average Bonchev–Trinajstić information content (AvgIpc) is 2.64. The summed E-state index contributed by atoms with van der Waals surface area (Å²) in [5, 5.41) is 18.4. The number of fused-ring (bicyclic) bond motifs is 1. The minimum absolute atomic E-state index is 0.0339. The molecule has 0 fully saturated rings. The van der Waals surface area contributed by atoms with E-state index in [-0.39, 0.29) is 11.9 Å². The predicted molar refractivity (Wildman–Crippen MR) is 74.7 cm³/mol. The van der Waals surface area contributed by atoms with Crippen LogP contribution in [-0.2, 0) is 11.3 Å². The molecule has 1 amide bonds. The maximum absolute atomic E-state index is 12.4. The molecule has 1 aromatic rings. The van der Waals surface area contributed by atoms with Crippen molar-refractivity contribution in [3.05, 3.63) is 29.3 Å². The Morgan fingerprint density at radius 3 is 2.53 bits per heavy atom. The number of amides is 1. The van der Waals surface area contributed by atoms with E-state index in [0.717, 1.165) is 11.1 Å². The third kappa shape index (κ3) is 2.53. The van der Waals surface area contributed by atoms with Crippen LogP contribution in [0, 0.1) is 5.41 Å². The Balaban J connectivity index is 2.31. The highest BCUT2D eigenvalue weighted by molar-refractivity contribution is 6.58. The van der Waals surface area contributed by atoms with E-state index in [4.69, 9.17) is 0 Å². The van der Waals surface area contributed by atoms with Crippen molar-refractivity contribution < 1.29 is 14.8 Å². The molecule has 1 heterocycles. The Bertz CT molecular complexity index is 508. The highest BCUT2D eigenvalue weighted by Crippen LogP contribution is 2.35. The average molecular weight is 261 g/mol. The van der Waals surface area contributed by atoms with Gasteiger partial charge in [0, 0.05) is 12.0 Å². The van der Waals surface area contributed by atoms with E-state index in [2.05, 4.69) is 0 Å². The molecule has 1 aliphatic heterocycles. The molecule has 5 heteroatoms. The zero-order valence-electron chi connectivity index (χ0n) is 11.8. The first-order valence-electron chi connectivity index (χ1n) is 6.51. The van der Waals surface area contributed by atoms with Crippen LogP contribution < -0.4 is 5.46 Å². The number of hydrogen-bond donors (Lipinski definition) is 2. The van der Waals surface area contributed by atoms with E-state index in [1.165, 1.54) is 0 Å². The van der Waals surface area contributed by atoms with Crippen molar-refractivity contribution >= 4 is 18.5 Å². The summed E-state index contributed by atoms with van der Waals surface area (Å²) < 4.78 is 0. The highest BCUT2D eigenvalue weighted by Gasteiger charge is 2.36. The van der Waals surface area contributed by atoms with E-state index in [1.807, 2.05) is 38.7 Å². The SMILES string of the molecule is C[C@@H]1c2ccc(B(O)O)cc2CN1C(=O)C(C)(C)C. The molecule has 1 atom stereocenters. The topological polar surface area (TPSA) is 60.8 Å². The first-order valence-corrected chi connectivity index (χ1v) is 6.51. The van der Waals surface area contributed by atoms with Crippen LogP contribution in [0.4, 0.5) is 0 Å². The van der Waals surface area contributed by atoms with Crippen LogP contribution >= 0.6 is 0 Å². The van der Waals surface area contributed by atoms with Crippen LogP contribution in [0.15, 0.2) is 18.2 Å². The van der Waals surface area contributed by atoms with Crippen LogP contribution in [0.1, 0.15) is 44.9 Å². The van der Waals surface area contributed by atoms with Crippen molar-refractivity contribution in [3.63, 3.8) is 0 Å². The van der Waals surface area contributed by atoms with E-state index >= 15 is 0 Å². The van der Waals surface area contributed by atoms with E-state index in [9.17, 15) is 14.8 Å². The quantitative estimate of drug-likeness (QED) is 0.735. The molecule has 0 aromatic heterocycles. The lowest BCUT2D eigenvalue weighted by Crippen LogP contribution is -2.37. The molecule has 0 saturated carbocycles. The lowest BCUT2D eigenvalue weighted by atomic mass is 9.79. The Morgan fingerprint density at radius 2 is 2.00 bits per heavy atom. The van der Waals surface area contributed by atoms with Crippen LogP contribution in [0.3, 0.4) is 0 Å².